The fourth-order valence-electron chi connectivity index (χ4n) is 1.98. The summed E-state index contributed by atoms with van der Waals surface area (Å²) in [6, 6.07) is 7.35. The summed E-state index contributed by atoms with van der Waals surface area (Å²) in [5, 5.41) is 22.9. The second kappa shape index (κ2) is 7.30. The molecule has 0 atom stereocenters. The van der Waals surface area contributed by atoms with Gasteiger partial charge in [0.05, 0.1) is 17.7 Å². The molecule has 0 bridgehead atoms. The SMILES string of the molecule is COc1cc(C(=O)Nc2cc([N+](=O)[O-])ccc2O)ccc1OC(C)=O. The fraction of sp³-hybridized carbons (Fsp3) is 0.125. The average Bonchev–Trinajstić information content (AvgIpc) is 2.56. The summed E-state index contributed by atoms with van der Waals surface area (Å²) in [6.07, 6.45) is 0. The van der Waals surface area contributed by atoms with E-state index in [2.05, 4.69) is 5.32 Å². The molecule has 2 rings (SSSR count). The third kappa shape index (κ3) is 4.22. The van der Waals surface area contributed by atoms with Crippen LogP contribution in [0.3, 0.4) is 0 Å². The van der Waals surface area contributed by atoms with E-state index in [1.165, 1.54) is 32.2 Å². The number of phenols is 1. The van der Waals surface area contributed by atoms with Crippen LogP contribution in [0.1, 0.15) is 17.3 Å². The lowest BCUT2D eigenvalue weighted by Gasteiger charge is -2.11. The lowest BCUT2D eigenvalue weighted by Crippen LogP contribution is -2.13. The van der Waals surface area contributed by atoms with E-state index in [1.807, 2.05) is 0 Å². The number of amides is 1. The van der Waals surface area contributed by atoms with E-state index in [-0.39, 0.29) is 34.2 Å². The zero-order chi connectivity index (χ0) is 18.6. The number of nitro groups is 1. The number of ether oxygens (including phenoxy) is 2. The molecule has 0 saturated carbocycles. The number of aromatic hydroxyl groups is 1. The first kappa shape index (κ1) is 17.7. The van der Waals surface area contributed by atoms with Gasteiger partial charge in [0.15, 0.2) is 11.5 Å². The van der Waals surface area contributed by atoms with Gasteiger partial charge in [-0.1, -0.05) is 0 Å². The Hall–Kier alpha value is -3.62. The van der Waals surface area contributed by atoms with E-state index in [4.69, 9.17) is 9.47 Å². The van der Waals surface area contributed by atoms with Crippen LogP contribution in [0.25, 0.3) is 0 Å². The molecule has 2 aromatic carbocycles. The molecular formula is C16H14N2O7. The van der Waals surface area contributed by atoms with Gasteiger partial charge in [0.25, 0.3) is 11.6 Å². The summed E-state index contributed by atoms with van der Waals surface area (Å²) in [4.78, 5) is 33.5. The van der Waals surface area contributed by atoms with Gasteiger partial charge in [0.1, 0.15) is 5.75 Å². The largest absolute Gasteiger partial charge is 0.506 e. The quantitative estimate of drug-likeness (QED) is 0.280. The topological polar surface area (TPSA) is 128 Å². The van der Waals surface area contributed by atoms with Crippen LogP contribution in [0.5, 0.6) is 17.2 Å². The molecule has 1 amide bonds. The van der Waals surface area contributed by atoms with Gasteiger partial charge in [-0.25, -0.2) is 0 Å². The molecule has 0 spiro atoms. The van der Waals surface area contributed by atoms with E-state index in [0.717, 1.165) is 18.2 Å². The first-order valence-electron chi connectivity index (χ1n) is 6.97. The number of rotatable bonds is 5. The number of benzene rings is 2. The minimum Gasteiger partial charge on any atom is -0.506 e. The summed E-state index contributed by atoms with van der Waals surface area (Å²) >= 11 is 0. The van der Waals surface area contributed by atoms with Crippen LogP contribution in [-0.2, 0) is 4.79 Å². The monoisotopic (exact) mass is 346 g/mol. The van der Waals surface area contributed by atoms with Crippen LogP contribution in [0.15, 0.2) is 36.4 Å². The minimum absolute atomic E-state index is 0.109. The van der Waals surface area contributed by atoms with Gasteiger partial charge in [0.2, 0.25) is 0 Å². The number of esters is 1. The molecule has 0 aromatic heterocycles. The Morgan fingerprint density at radius 2 is 1.88 bits per heavy atom. The summed E-state index contributed by atoms with van der Waals surface area (Å²) in [6.45, 7) is 1.23. The number of carbonyl (C=O) groups is 2. The molecule has 25 heavy (non-hydrogen) atoms. The van der Waals surface area contributed by atoms with Crippen LogP contribution in [-0.4, -0.2) is 29.0 Å². The molecule has 9 nitrogen and oxygen atoms in total. The molecular weight excluding hydrogens is 332 g/mol. The van der Waals surface area contributed by atoms with Crippen molar-refractivity contribution in [1.29, 1.82) is 0 Å². The number of nitrogens with zero attached hydrogens (tertiary/aromatic N) is 1. The van der Waals surface area contributed by atoms with Gasteiger partial charge in [-0.15, -0.1) is 0 Å². The number of hydrogen-bond donors (Lipinski definition) is 2. The summed E-state index contributed by atoms with van der Waals surface area (Å²) in [5.74, 6) is -1.20. The third-order valence-corrected chi connectivity index (χ3v) is 3.12. The van der Waals surface area contributed by atoms with E-state index in [1.54, 1.807) is 0 Å². The number of methoxy groups -OCH3 is 1. The highest BCUT2D eigenvalue weighted by atomic mass is 16.6. The van der Waals surface area contributed by atoms with Crippen LogP contribution >= 0.6 is 0 Å². The molecule has 2 N–H and O–H groups in total. The van der Waals surface area contributed by atoms with Crippen molar-refractivity contribution < 1.29 is 29.1 Å². The van der Waals surface area contributed by atoms with Crippen LogP contribution in [0, 0.1) is 10.1 Å². The highest BCUT2D eigenvalue weighted by molar-refractivity contribution is 6.05. The molecule has 0 aliphatic heterocycles. The summed E-state index contributed by atoms with van der Waals surface area (Å²) in [5.41, 5.74) is -0.253. The van der Waals surface area contributed by atoms with Crippen molar-refractivity contribution >= 4 is 23.3 Å². The van der Waals surface area contributed by atoms with Crippen molar-refractivity contribution in [3.8, 4) is 17.2 Å². The maximum absolute atomic E-state index is 12.3. The number of hydrogen-bond acceptors (Lipinski definition) is 7. The predicted molar refractivity (Wildman–Crippen MR) is 87.0 cm³/mol. The molecule has 0 fully saturated rings. The Kier molecular flexibility index (Phi) is 5.18. The van der Waals surface area contributed by atoms with Crippen molar-refractivity contribution in [1.82, 2.24) is 0 Å². The highest BCUT2D eigenvalue weighted by Gasteiger charge is 2.16. The van der Waals surface area contributed by atoms with E-state index >= 15 is 0 Å². The number of non-ortho nitro benzene ring substituents is 1. The summed E-state index contributed by atoms with van der Waals surface area (Å²) < 4.78 is 10.0. The van der Waals surface area contributed by atoms with Gasteiger partial charge in [0, 0.05) is 24.6 Å². The minimum atomic E-state index is -0.647. The van der Waals surface area contributed by atoms with Gasteiger partial charge in [-0.05, 0) is 24.3 Å². The van der Waals surface area contributed by atoms with Crippen molar-refractivity contribution in [2.24, 2.45) is 0 Å². The number of carbonyl (C=O) groups excluding carboxylic acids is 2. The molecule has 2 aromatic rings. The maximum Gasteiger partial charge on any atom is 0.308 e. The first-order valence-corrected chi connectivity index (χ1v) is 6.97. The Balaban J connectivity index is 2.28. The van der Waals surface area contributed by atoms with Crippen molar-refractivity contribution in [3.05, 3.63) is 52.1 Å². The smallest absolute Gasteiger partial charge is 0.308 e. The van der Waals surface area contributed by atoms with Crippen molar-refractivity contribution in [3.63, 3.8) is 0 Å². The lowest BCUT2D eigenvalue weighted by molar-refractivity contribution is -0.384. The zero-order valence-electron chi connectivity index (χ0n) is 13.3. The third-order valence-electron chi connectivity index (χ3n) is 3.12. The number of phenolic OH excluding ortho intramolecular Hbond substituents is 1. The highest BCUT2D eigenvalue weighted by Crippen LogP contribution is 2.31. The molecule has 0 radical (unpaired) electrons. The van der Waals surface area contributed by atoms with E-state index < -0.39 is 16.8 Å². The molecule has 130 valence electrons. The van der Waals surface area contributed by atoms with Gasteiger partial charge in [-0.2, -0.15) is 0 Å². The summed E-state index contributed by atoms with van der Waals surface area (Å²) in [7, 11) is 1.34. The second-order valence-electron chi connectivity index (χ2n) is 4.87. The van der Waals surface area contributed by atoms with E-state index in [9.17, 15) is 24.8 Å². The molecule has 0 aliphatic rings. The van der Waals surface area contributed by atoms with Gasteiger partial charge >= 0.3 is 5.97 Å². The van der Waals surface area contributed by atoms with Crippen molar-refractivity contribution in [2.45, 2.75) is 6.92 Å². The molecule has 0 aliphatic carbocycles. The lowest BCUT2D eigenvalue weighted by atomic mass is 10.1. The fourth-order valence-corrected chi connectivity index (χ4v) is 1.98. The van der Waals surface area contributed by atoms with Crippen LogP contribution in [0.4, 0.5) is 11.4 Å². The molecule has 0 unspecified atom stereocenters. The Morgan fingerprint density at radius 1 is 1.16 bits per heavy atom. The predicted octanol–water partition coefficient (Wildman–Crippen LogP) is 2.49. The zero-order valence-corrected chi connectivity index (χ0v) is 13.3. The average molecular weight is 346 g/mol. The number of anilines is 1. The molecule has 0 saturated heterocycles. The molecule has 0 heterocycles. The van der Waals surface area contributed by atoms with Crippen LogP contribution in [0.2, 0.25) is 0 Å². The van der Waals surface area contributed by atoms with E-state index in [0.29, 0.717) is 0 Å². The van der Waals surface area contributed by atoms with Crippen molar-refractivity contribution in [2.75, 3.05) is 12.4 Å². The Morgan fingerprint density at radius 3 is 2.48 bits per heavy atom. The maximum atomic E-state index is 12.3. The normalized spacial score (nSPS) is 10.0. The number of nitrogens with one attached hydrogen (secondary N) is 1. The Bertz CT molecular complexity index is 848. The van der Waals surface area contributed by atoms with Gasteiger partial charge < -0.3 is 19.9 Å². The first-order chi connectivity index (χ1) is 11.8. The molecule has 9 heteroatoms. The van der Waals surface area contributed by atoms with Crippen LogP contribution < -0.4 is 14.8 Å². The number of nitro benzene ring substituents is 1. The standard InChI is InChI=1S/C16H14N2O7/c1-9(19)25-14-6-3-10(7-15(14)24-2)16(21)17-12-8-11(18(22)23)4-5-13(12)20/h3-8,20H,1-2H3,(H,17,21). The second-order valence-corrected chi connectivity index (χ2v) is 4.87. The van der Waals surface area contributed by atoms with Gasteiger partial charge in [-0.3, -0.25) is 19.7 Å². The Labute approximate surface area is 141 Å².